The molecule has 2 rings (SSSR count). The normalized spacial score (nSPS) is 25.3. The maximum Gasteiger partial charge on any atom is 0.110 e. The molecule has 1 fully saturated rings. The van der Waals surface area contributed by atoms with E-state index >= 15 is 0 Å². The van der Waals surface area contributed by atoms with E-state index in [1.165, 1.54) is 11.3 Å². The van der Waals surface area contributed by atoms with Gasteiger partial charge in [0, 0.05) is 17.5 Å². The van der Waals surface area contributed by atoms with Crippen LogP contribution in [0.5, 0.6) is 0 Å². The van der Waals surface area contributed by atoms with Crippen molar-refractivity contribution in [3.63, 3.8) is 0 Å². The number of nitrogens with one attached hydrogen (secondary N) is 1. The fraction of sp³-hybridized carbons (Fsp3) is 0.545. The molecule has 2 unspecified atom stereocenters. The fourth-order valence-electron chi connectivity index (χ4n) is 1.89. The van der Waals surface area contributed by atoms with Crippen LogP contribution in [-0.2, 0) is 6.54 Å². The van der Waals surface area contributed by atoms with Gasteiger partial charge in [0.15, 0.2) is 0 Å². The first kappa shape index (κ1) is 10.6. The third-order valence-electron chi connectivity index (χ3n) is 2.71. The maximum atomic E-state index is 12.9. The third-order valence-corrected chi connectivity index (χ3v) is 3.70. The van der Waals surface area contributed by atoms with E-state index in [4.69, 9.17) is 5.26 Å². The van der Waals surface area contributed by atoms with Gasteiger partial charge in [-0.05, 0) is 31.4 Å². The highest BCUT2D eigenvalue weighted by molar-refractivity contribution is 7.12. The number of nitriles is 1. The minimum absolute atomic E-state index is 0.313. The molecule has 15 heavy (non-hydrogen) atoms. The first-order valence-corrected chi connectivity index (χ1v) is 5.96. The number of hydrogen-bond acceptors (Lipinski definition) is 3. The van der Waals surface area contributed by atoms with Crippen LogP contribution >= 0.6 is 11.3 Å². The van der Waals surface area contributed by atoms with Crippen molar-refractivity contribution in [3.05, 3.63) is 21.9 Å². The summed E-state index contributed by atoms with van der Waals surface area (Å²) in [4.78, 5) is 1.88. The first-order valence-electron chi connectivity index (χ1n) is 5.14. The van der Waals surface area contributed by atoms with E-state index in [9.17, 15) is 4.39 Å². The highest BCUT2D eigenvalue weighted by atomic mass is 32.1. The molecule has 2 atom stereocenters. The van der Waals surface area contributed by atoms with Crippen molar-refractivity contribution >= 4 is 11.3 Å². The first-order chi connectivity index (χ1) is 7.28. The molecule has 1 aliphatic carbocycles. The predicted molar refractivity (Wildman–Crippen MR) is 58.4 cm³/mol. The number of halogens is 1. The standard InChI is InChI=1S/C11H13FN2S/c12-8-1-2-9(5-8)14-7-11-4-3-10(6-13)15-11/h3-4,8-9,14H,1-2,5,7H2. The Balaban J connectivity index is 1.81. The number of hydrogen-bond donors (Lipinski definition) is 1. The number of alkyl halides is 1. The molecule has 1 N–H and O–H groups in total. The van der Waals surface area contributed by atoms with Crippen molar-refractivity contribution < 1.29 is 4.39 Å². The van der Waals surface area contributed by atoms with Crippen LogP contribution in [0.1, 0.15) is 29.0 Å². The van der Waals surface area contributed by atoms with Crippen LogP contribution in [-0.4, -0.2) is 12.2 Å². The zero-order valence-electron chi connectivity index (χ0n) is 8.37. The minimum atomic E-state index is -0.625. The molecule has 1 aromatic heterocycles. The van der Waals surface area contributed by atoms with Gasteiger partial charge in [0.1, 0.15) is 17.1 Å². The molecule has 0 saturated heterocycles. The average Bonchev–Trinajstić information content (AvgIpc) is 2.83. The molecule has 0 aliphatic heterocycles. The van der Waals surface area contributed by atoms with Gasteiger partial charge in [0.05, 0.1) is 0 Å². The summed E-state index contributed by atoms with van der Waals surface area (Å²) in [5.41, 5.74) is 0. The summed E-state index contributed by atoms with van der Waals surface area (Å²) >= 11 is 1.50. The lowest BCUT2D eigenvalue weighted by Gasteiger charge is -2.09. The van der Waals surface area contributed by atoms with Crippen LogP contribution in [0.2, 0.25) is 0 Å². The molecule has 1 aliphatic rings. The molecule has 1 aromatic rings. The van der Waals surface area contributed by atoms with Gasteiger partial charge in [-0.2, -0.15) is 5.26 Å². The van der Waals surface area contributed by atoms with E-state index in [0.717, 1.165) is 22.7 Å². The second-order valence-corrected chi connectivity index (χ2v) is 5.03. The van der Waals surface area contributed by atoms with Crippen molar-refractivity contribution in [1.29, 1.82) is 5.26 Å². The van der Waals surface area contributed by atoms with Crippen molar-refractivity contribution in [1.82, 2.24) is 5.32 Å². The topological polar surface area (TPSA) is 35.8 Å². The second kappa shape index (κ2) is 4.73. The molecular formula is C11H13FN2S. The van der Waals surface area contributed by atoms with Crippen LogP contribution in [0.4, 0.5) is 4.39 Å². The number of thiophene rings is 1. The molecule has 0 radical (unpaired) electrons. The zero-order valence-corrected chi connectivity index (χ0v) is 9.19. The highest BCUT2D eigenvalue weighted by Crippen LogP contribution is 2.23. The summed E-state index contributed by atoms with van der Waals surface area (Å²) in [7, 11) is 0. The summed E-state index contributed by atoms with van der Waals surface area (Å²) < 4.78 is 12.9. The van der Waals surface area contributed by atoms with E-state index in [1.54, 1.807) is 0 Å². The fourth-order valence-corrected chi connectivity index (χ4v) is 2.65. The number of nitrogens with zero attached hydrogens (tertiary/aromatic N) is 1. The monoisotopic (exact) mass is 224 g/mol. The maximum absolute atomic E-state index is 12.9. The Hall–Kier alpha value is -0.920. The van der Waals surface area contributed by atoms with Gasteiger partial charge in [-0.3, -0.25) is 0 Å². The van der Waals surface area contributed by atoms with Crippen molar-refractivity contribution in [2.45, 2.75) is 38.0 Å². The molecule has 1 heterocycles. The van der Waals surface area contributed by atoms with Crippen LogP contribution < -0.4 is 5.32 Å². The van der Waals surface area contributed by atoms with Crippen molar-refractivity contribution in [2.24, 2.45) is 0 Å². The lowest BCUT2D eigenvalue weighted by Crippen LogP contribution is -2.25. The lowest BCUT2D eigenvalue weighted by atomic mass is 10.2. The molecule has 0 spiro atoms. The minimum Gasteiger partial charge on any atom is -0.309 e. The van der Waals surface area contributed by atoms with Gasteiger partial charge in [-0.25, -0.2) is 4.39 Å². The Bertz CT molecular complexity index is 369. The van der Waals surface area contributed by atoms with E-state index in [-0.39, 0.29) is 0 Å². The molecule has 0 bridgehead atoms. The average molecular weight is 224 g/mol. The van der Waals surface area contributed by atoms with E-state index in [2.05, 4.69) is 11.4 Å². The molecule has 2 nitrogen and oxygen atoms in total. The van der Waals surface area contributed by atoms with Crippen LogP contribution in [0, 0.1) is 11.3 Å². The SMILES string of the molecule is N#Cc1ccc(CNC2CCC(F)C2)s1. The van der Waals surface area contributed by atoms with Gasteiger partial charge < -0.3 is 5.32 Å². The van der Waals surface area contributed by atoms with Crippen molar-refractivity contribution in [3.8, 4) is 6.07 Å². The Labute approximate surface area is 92.7 Å². The smallest absolute Gasteiger partial charge is 0.110 e. The summed E-state index contributed by atoms with van der Waals surface area (Å²) in [5, 5.41) is 12.0. The summed E-state index contributed by atoms with van der Waals surface area (Å²) in [6.07, 6.45) is 1.63. The number of rotatable bonds is 3. The predicted octanol–water partition coefficient (Wildman–Crippen LogP) is 2.60. The van der Waals surface area contributed by atoms with E-state index < -0.39 is 6.17 Å². The molecule has 0 amide bonds. The third kappa shape index (κ3) is 2.77. The summed E-state index contributed by atoms with van der Waals surface area (Å²) in [6.45, 7) is 0.754. The Morgan fingerprint density at radius 2 is 2.40 bits per heavy atom. The van der Waals surface area contributed by atoms with E-state index in [1.807, 2.05) is 12.1 Å². The van der Waals surface area contributed by atoms with Crippen molar-refractivity contribution in [2.75, 3.05) is 0 Å². The van der Waals surface area contributed by atoms with Gasteiger partial charge >= 0.3 is 0 Å². The molecular weight excluding hydrogens is 211 g/mol. The van der Waals surface area contributed by atoms with E-state index in [0.29, 0.717) is 18.9 Å². The summed E-state index contributed by atoms with van der Waals surface area (Å²) in [6, 6.07) is 6.21. The van der Waals surface area contributed by atoms with Gasteiger partial charge in [-0.1, -0.05) is 0 Å². The molecule has 80 valence electrons. The van der Waals surface area contributed by atoms with Crippen LogP contribution in [0.25, 0.3) is 0 Å². The highest BCUT2D eigenvalue weighted by Gasteiger charge is 2.23. The second-order valence-electron chi connectivity index (χ2n) is 3.87. The largest absolute Gasteiger partial charge is 0.309 e. The molecule has 4 heteroatoms. The van der Waals surface area contributed by atoms with Gasteiger partial charge in [0.2, 0.25) is 0 Å². The summed E-state index contributed by atoms with van der Waals surface area (Å²) in [5.74, 6) is 0. The van der Waals surface area contributed by atoms with Gasteiger partial charge in [-0.15, -0.1) is 11.3 Å². The Kier molecular flexibility index (Phi) is 3.34. The van der Waals surface area contributed by atoms with Gasteiger partial charge in [0.25, 0.3) is 0 Å². The Morgan fingerprint density at radius 1 is 1.53 bits per heavy atom. The van der Waals surface area contributed by atoms with Crippen LogP contribution in [0.15, 0.2) is 12.1 Å². The molecule has 0 aromatic carbocycles. The molecule has 1 saturated carbocycles. The zero-order chi connectivity index (χ0) is 10.7. The lowest BCUT2D eigenvalue weighted by molar-refractivity contribution is 0.333. The Morgan fingerprint density at radius 3 is 3.00 bits per heavy atom. The quantitative estimate of drug-likeness (QED) is 0.856. The van der Waals surface area contributed by atoms with Crippen LogP contribution in [0.3, 0.4) is 0 Å².